The molecule has 70 valence electrons. The molecule has 3 rings (SSSR count). The van der Waals surface area contributed by atoms with Gasteiger partial charge < -0.3 is 9.97 Å². The van der Waals surface area contributed by atoms with Gasteiger partial charge in [0.15, 0.2) is 7.91 Å². The standard InChI is InChI=1S/C8H4N2S4/c11-7-9-3-1-4-6(2-5(3)13-7)14-8(12)10-4/h1-2H,(H,9,11)(H,10,12). The average Bonchev–Trinajstić information content (AvgIpc) is 2.59. The Bertz CT molecular complexity index is 610. The maximum absolute atomic E-state index is 5.09. The van der Waals surface area contributed by atoms with Crippen molar-refractivity contribution in [2.24, 2.45) is 0 Å². The number of benzene rings is 1. The zero-order valence-corrected chi connectivity index (χ0v) is 10.1. The number of H-pyrrole nitrogens is 2. The van der Waals surface area contributed by atoms with Gasteiger partial charge in [-0.25, -0.2) is 0 Å². The first-order valence-electron chi connectivity index (χ1n) is 3.88. The van der Waals surface area contributed by atoms with Crippen LogP contribution in [-0.2, 0) is 0 Å². The van der Waals surface area contributed by atoms with E-state index in [0.29, 0.717) is 0 Å². The van der Waals surface area contributed by atoms with Gasteiger partial charge in [-0.05, 0) is 36.6 Å². The van der Waals surface area contributed by atoms with Crippen LogP contribution >= 0.6 is 47.1 Å². The molecule has 0 bridgehead atoms. The molecule has 0 radical (unpaired) electrons. The second-order valence-electron chi connectivity index (χ2n) is 2.87. The van der Waals surface area contributed by atoms with Crippen LogP contribution in [0.1, 0.15) is 0 Å². The van der Waals surface area contributed by atoms with Crippen LogP contribution in [-0.4, -0.2) is 9.97 Å². The molecule has 2 aromatic heterocycles. The van der Waals surface area contributed by atoms with Gasteiger partial charge in [0.1, 0.15) is 0 Å². The van der Waals surface area contributed by atoms with Gasteiger partial charge in [-0.1, -0.05) is 0 Å². The molecule has 0 aliphatic carbocycles. The molecular formula is C8H4N2S4. The molecule has 0 aliphatic rings. The number of aromatic nitrogens is 2. The minimum Gasteiger partial charge on any atom is -0.337 e. The summed E-state index contributed by atoms with van der Waals surface area (Å²) in [5, 5.41) is 0. The summed E-state index contributed by atoms with van der Waals surface area (Å²) in [6.45, 7) is 0. The van der Waals surface area contributed by atoms with Crippen LogP contribution in [0, 0.1) is 7.91 Å². The monoisotopic (exact) mass is 256 g/mol. The number of thiazole rings is 2. The summed E-state index contributed by atoms with van der Waals surface area (Å²) in [4.78, 5) is 6.29. The van der Waals surface area contributed by atoms with Crippen LogP contribution in [0.25, 0.3) is 20.4 Å². The fourth-order valence-electron chi connectivity index (χ4n) is 1.40. The Morgan fingerprint density at radius 1 is 0.857 bits per heavy atom. The number of aromatic amines is 2. The van der Waals surface area contributed by atoms with E-state index in [1.54, 1.807) is 22.7 Å². The molecule has 2 N–H and O–H groups in total. The Kier molecular flexibility index (Phi) is 1.85. The van der Waals surface area contributed by atoms with E-state index in [1.165, 1.54) is 9.40 Å². The van der Waals surface area contributed by atoms with E-state index in [2.05, 4.69) is 22.1 Å². The molecule has 1 aromatic carbocycles. The minimum atomic E-state index is 0.816. The Labute approximate surface area is 97.2 Å². The lowest BCUT2D eigenvalue weighted by atomic mass is 10.3. The normalized spacial score (nSPS) is 11.4. The van der Waals surface area contributed by atoms with Crippen LogP contribution in [0.3, 0.4) is 0 Å². The fraction of sp³-hybridized carbons (Fsp3) is 0. The molecule has 0 unspecified atom stereocenters. The third-order valence-corrected chi connectivity index (χ3v) is 4.35. The zero-order chi connectivity index (χ0) is 9.71. The topological polar surface area (TPSA) is 31.6 Å². The first-order valence-corrected chi connectivity index (χ1v) is 6.33. The van der Waals surface area contributed by atoms with Gasteiger partial charge in [0, 0.05) is 0 Å². The predicted octanol–water partition coefficient (Wildman–Crippen LogP) is 4.23. The third-order valence-electron chi connectivity index (χ3n) is 1.96. The number of hydrogen-bond donors (Lipinski definition) is 2. The molecule has 0 saturated carbocycles. The van der Waals surface area contributed by atoms with E-state index < -0.39 is 0 Å². The lowest BCUT2D eigenvalue weighted by molar-refractivity contribution is 1.45. The van der Waals surface area contributed by atoms with Crippen molar-refractivity contribution in [1.29, 1.82) is 0 Å². The van der Waals surface area contributed by atoms with Crippen molar-refractivity contribution < 1.29 is 0 Å². The molecule has 0 amide bonds. The van der Waals surface area contributed by atoms with Crippen molar-refractivity contribution in [3.05, 3.63) is 20.0 Å². The lowest BCUT2D eigenvalue weighted by Crippen LogP contribution is -1.69. The second-order valence-corrected chi connectivity index (χ2v) is 6.31. The maximum atomic E-state index is 5.09. The number of rotatable bonds is 0. The Morgan fingerprint density at radius 3 is 1.86 bits per heavy atom. The molecule has 6 heteroatoms. The summed E-state index contributed by atoms with van der Waals surface area (Å²) in [6, 6.07) is 4.18. The largest absolute Gasteiger partial charge is 0.337 e. The highest BCUT2D eigenvalue weighted by molar-refractivity contribution is 7.74. The van der Waals surface area contributed by atoms with Gasteiger partial charge in [0.25, 0.3) is 0 Å². The summed E-state index contributed by atoms with van der Waals surface area (Å²) in [7, 11) is 0. The number of nitrogens with one attached hydrogen (secondary N) is 2. The summed E-state index contributed by atoms with van der Waals surface area (Å²) in [5.74, 6) is 0. The maximum Gasteiger partial charge on any atom is 0.159 e. The van der Waals surface area contributed by atoms with Gasteiger partial charge in [-0.15, -0.1) is 22.7 Å². The van der Waals surface area contributed by atoms with Gasteiger partial charge in [-0.2, -0.15) is 0 Å². The molecule has 0 fully saturated rings. The summed E-state index contributed by atoms with van der Waals surface area (Å²) in [6.07, 6.45) is 0. The predicted molar refractivity (Wildman–Crippen MR) is 67.6 cm³/mol. The third kappa shape index (κ3) is 1.26. The highest BCUT2D eigenvalue weighted by atomic mass is 32.2. The van der Waals surface area contributed by atoms with Crippen molar-refractivity contribution >= 4 is 67.5 Å². The molecule has 0 aliphatic heterocycles. The van der Waals surface area contributed by atoms with Crippen molar-refractivity contribution in [3.63, 3.8) is 0 Å². The van der Waals surface area contributed by atoms with Gasteiger partial charge in [-0.3, -0.25) is 0 Å². The summed E-state index contributed by atoms with van der Waals surface area (Å²) in [5.41, 5.74) is 2.16. The van der Waals surface area contributed by atoms with Crippen molar-refractivity contribution in [2.45, 2.75) is 0 Å². The Balaban J connectivity index is 2.61. The van der Waals surface area contributed by atoms with E-state index in [-0.39, 0.29) is 0 Å². The highest BCUT2D eigenvalue weighted by Gasteiger charge is 2.02. The van der Waals surface area contributed by atoms with Crippen LogP contribution < -0.4 is 0 Å². The van der Waals surface area contributed by atoms with Gasteiger partial charge in [0.05, 0.1) is 20.4 Å². The van der Waals surface area contributed by atoms with Crippen molar-refractivity contribution in [2.75, 3.05) is 0 Å². The molecule has 2 heterocycles. The van der Waals surface area contributed by atoms with Gasteiger partial charge in [0.2, 0.25) is 0 Å². The van der Waals surface area contributed by atoms with Crippen LogP contribution in [0.5, 0.6) is 0 Å². The minimum absolute atomic E-state index is 0.816. The highest BCUT2D eigenvalue weighted by Crippen LogP contribution is 2.27. The van der Waals surface area contributed by atoms with Crippen LogP contribution in [0.15, 0.2) is 12.1 Å². The fourth-order valence-corrected chi connectivity index (χ4v) is 3.74. The number of fused-ring (bicyclic) bond motifs is 2. The molecule has 14 heavy (non-hydrogen) atoms. The smallest absolute Gasteiger partial charge is 0.159 e. The van der Waals surface area contributed by atoms with E-state index in [9.17, 15) is 0 Å². The Hall–Kier alpha value is -0.560. The molecule has 2 nitrogen and oxygen atoms in total. The Morgan fingerprint density at radius 2 is 1.36 bits per heavy atom. The molecule has 3 aromatic rings. The van der Waals surface area contributed by atoms with Crippen molar-refractivity contribution in [3.8, 4) is 0 Å². The van der Waals surface area contributed by atoms with E-state index in [1.807, 2.05) is 0 Å². The summed E-state index contributed by atoms with van der Waals surface area (Å²) >= 11 is 13.4. The van der Waals surface area contributed by atoms with Crippen LogP contribution in [0.4, 0.5) is 0 Å². The van der Waals surface area contributed by atoms with Crippen molar-refractivity contribution in [1.82, 2.24) is 9.97 Å². The van der Waals surface area contributed by atoms with E-state index in [4.69, 9.17) is 24.4 Å². The quantitative estimate of drug-likeness (QED) is 0.590. The first kappa shape index (κ1) is 8.72. The van der Waals surface area contributed by atoms with Gasteiger partial charge >= 0.3 is 0 Å². The molecule has 0 saturated heterocycles. The number of hydrogen-bond acceptors (Lipinski definition) is 4. The first-order chi connectivity index (χ1) is 6.72. The lowest BCUT2D eigenvalue weighted by Gasteiger charge is -1.88. The van der Waals surface area contributed by atoms with Crippen LogP contribution in [0.2, 0.25) is 0 Å². The molecule has 0 spiro atoms. The average molecular weight is 256 g/mol. The SMILES string of the molecule is S=c1[nH]c2cc3[nH]c(=S)sc3cc2s1. The zero-order valence-electron chi connectivity index (χ0n) is 6.79. The molecule has 0 atom stereocenters. The summed E-state index contributed by atoms with van der Waals surface area (Å²) < 4.78 is 4.01. The molecular weight excluding hydrogens is 252 g/mol. The van der Waals surface area contributed by atoms with E-state index >= 15 is 0 Å². The van der Waals surface area contributed by atoms with E-state index in [0.717, 1.165) is 18.9 Å². The second kappa shape index (κ2) is 2.96.